The number of nitrogens with two attached hydrogens (primary N) is 1. The zero-order valence-electron chi connectivity index (χ0n) is 10.7. The van der Waals surface area contributed by atoms with E-state index in [1.165, 1.54) is 5.56 Å². The number of hydrogen-bond acceptors (Lipinski definition) is 3. The van der Waals surface area contributed by atoms with Gasteiger partial charge in [0.2, 0.25) is 5.91 Å². The van der Waals surface area contributed by atoms with Gasteiger partial charge in [-0.25, -0.2) is 0 Å². The largest absolute Gasteiger partial charge is 0.341 e. The Hall–Kier alpha value is -1.94. The monoisotopic (exact) mass is 255 g/mol. The number of benzene rings is 1. The molecular weight excluding hydrogens is 238 g/mol. The summed E-state index contributed by atoms with van der Waals surface area (Å²) < 4.78 is 0. The molecule has 1 amide bonds. The van der Waals surface area contributed by atoms with E-state index < -0.39 is 0 Å². The number of fused-ring (bicyclic) bond motifs is 1. The first-order valence-corrected chi connectivity index (χ1v) is 6.59. The van der Waals surface area contributed by atoms with Crippen molar-refractivity contribution in [2.75, 3.05) is 13.1 Å². The quantitative estimate of drug-likeness (QED) is 0.900. The molecule has 0 radical (unpaired) electrons. The highest BCUT2D eigenvalue weighted by Crippen LogP contribution is 2.15. The van der Waals surface area contributed by atoms with Crippen molar-refractivity contribution in [1.29, 1.82) is 0 Å². The molecule has 1 atom stereocenters. The first-order valence-electron chi connectivity index (χ1n) is 6.59. The predicted molar refractivity (Wildman–Crippen MR) is 74.6 cm³/mol. The van der Waals surface area contributed by atoms with Crippen LogP contribution in [0.15, 0.2) is 36.5 Å². The summed E-state index contributed by atoms with van der Waals surface area (Å²) in [5.74, 6) is 0.176. The van der Waals surface area contributed by atoms with Crippen LogP contribution < -0.4 is 5.73 Å². The predicted octanol–water partition coefficient (Wildman–Crippen LogP) is 1.34. The number of rotatable bonds is 3. The van der Waals surface area contributed by atoms with Crippen molar-refractivity contribution >= 4 is 16.8 Å². The molecule has 98 valence electrons. The molecule has 1 saturated heterocycles. The summed E-state index contributed by atoms with van der Waals surface area (Å²) in [5, 5.41) is 1.14. The first-order chi connectivity index (χ1) is 9.22. The fourth-order valence-electron chi connectivity index (χ4n) is 2.56. The minimum atomic E-state index is 0.00769. The van der Waals surface area contributed by atoms with Crippen LogP contribution in [0.4, 0.5) is 0 Å². The number of likely N-dealkylation sites (tertiary alicyclic amines) is 1. The molecule has 1 fully saturated rings. The van der Waals surface area contributed by atoms with E-state index in [1.807, 2.05) is 17.0 Å². The van der Waals surface area contributed by atoms with E-state index in [9.17, 15) is 4.79 Å². The van der Waals surface area contributed by atoms with Gasteiger partial charge in [-0.1, -0.05) is 12.1 Å². The van der Waals surface area contributed by atoms with Crippen molar-refractivity contribution in [3.05, 3.63) is 42.1 Å². The second kappa shape index (κ2) is 4.97. The second-order valence-electron chi connectivity index (χ2n) is 5.08. The van der Waals surface area contributed by atoms with Crippen LogP contribution in [-0.4, -0.2) is 34.9 Å². The SMILES string of the molecule is NC1CC(=O)N(CCc2ccc3ncccc3c2)C1. The van der Waals surface area contributed by atoms with Gasteiger partial charge in [0, 0.05) is 37.1 Å². The van der Waals surface area contributed by atoms with Crippen LogP contribution in [0.5, 0.6) is 0 Å². The smallest absolute Gasteiger partial charge is 0.224 e. The number of pyridine rings is 1. The molecule has 3 rings (SSSR count). The van der Waals surface area contributed by atoms with E-state index in [-0.39, 0.29) is 11.9 Å². The van der Waals surface area contributed by atoms with Gasteiger partial charge in [-0.3, -0.25) is 9.78 Å². The Balaban J connectivity index is 1.70. The molecule has 2 N–H and O–H groups in total. The average Bonchev–Trinajstić information content (AvgIpc) is 2.74. The second-order valence-corrected chi connectivity index (χ2v) is 5.08. The van der Waals surface area contributed by atoms with Gasteiger partial charge in [0.05, 0.1) is 5.52 Å². The minimum absolute atomic E-state index is 0.00769. The van der Waals surface area contributed by atoms with Crippen LogP contribution in [-0.2, 0) is 11.2 Å². The van der Waals surface area contributed by atoms with E-state index in [2.05, 4.69) is 23.2 Å². The van der Waals surface area contributed by atoms with Crippen molar-refractivity contribution in [2.24, 2.45) is 5.73 Å². The Morgan fingerprint density at radius 1 is 1.37 bits per heavy atom. The van der Waals surface area contributed by atoms with Gasteiger partial charge in [-0.05, 0) is 30.2 Å². The van der Waals surface area contributed by atoms with E-state index in [0.717, 1.165) is 23.9 Å². The third-order valence-corrected chi connectivity index (χ3v) is 3.58. The molecule has 4 nitrogen and oxygen atoms in total. The first kappa shape index (κ1) is 12.1. The molecule has 0 spiro atoms. The highest BCUT2D eigenvalue weighted by Gasteiger charge is 2.26. The lowest BCUT2D eigenvalue weighted by Gasteiger charge is -2.15. The normalized spacial score (nSPS) is 19.3. The Morgan fingerprint density at radius 2 is 2.26 bits per heavy atom. The third-order valence-electron chi connectivity index (χ3n) is 3.58. The summed E-state index contributed by atoms with van der Waals surface area (Å²) in [6.07, 6.45) is 3.15. The number of amides is 1. The molecule has 1 aliphatic heterocycles. The molecule has 1 aliphatic rings. The lowest BCUT2D eigenvalue weighted by molar-refractivity contribution is -0.127. The maximum atomic E-state index is 11.7. The average molecular weight is 255 g/mol. The fourth-order valence-corrected chi connectivity index (χ4v) is 2.56. The van der Waals surface area contributed by atoms with Crippen LogP contribution >= 0.6 is 0 Å². The highest BCUT2D eigenvalue weighted by atomic mass is 16.2. The topological polar surface area (TPSA) is 59.2 Å². The molecule has 2 heterocycles. The number of aromatic nitrogens is 1. The molecule has 0 bridgehead atoms. The molecular formula is C15H17N3O. The van der Waals surface area contributed by atoms with Crippen LogP contribution in [0.25, 0.3) is 10.9 Å². The molecule has 1 aromatic carbocycles. The van der Waals surface area contributed by atoms with Gasteiger partial charge in [0.1, 0.15) is 0 Å². The van der Waals surface area contributed by atoms with E-state index in [4.69, 9.17) is 5.73 Å². The molecule has 1 unspecified atom stereocenters. The molecule has 0 saturated carbocycles. The molecule has 4 heteroatoms. The van der Waals surface area contributed by atoms with Crippen LogP contribution in [0.2, 0.25) is 0 Å². The van der Waals surface area contributed by atoms with Crippen molar-refractivity contribution in [3.63, 3.8) is 0 Å². The number of carbonyl (C=O) groups is 1. The van der Waals surface area contributed by atoms with Crippen molar-refractivity contribution in [3.8, 4) is 0 Å². The minimum Gasteiger partial charge on any atom is -0.341 e. The lowest BCUT2D eigenvalue weighted by Crippen LogP contribution is -2.30. The summed E-state index contributed by atoms with van der Waals surface area (Å²) in [6, 6.07) is 10.3. The van der Waals surface area contributed by atoms with E-state index >= 15 is 0 Å². The van der Waals surface area contributed by atoms with Crippen molar-refractivity contribution in [1.82, 2.24) is 9.88 Å². The molecule has 0 aliphatic carbocycles. The van der Waals surface area contributed by atoms with Gasteiger partial charge in [0.15, 0.2) is 0 Å². The van der Waals surface area contributed by atoms with Gasteiger partial charge in [-0.15, -0.1) is 0 Å². The zero-order valence-corrected chi connectivity index (χ0v) is 10.7. The highest BCUT2D eigenvalue weighted by molar-refractivity contribution is 5.80. The Morgan fingerprint density at radius 3 is 3.05 bits per heavy atom. The molecule has 2 aromatic rings. The van der Waals surface area contributed by atoms with Gasteiger partial charge >= 0.3 is 0 Å². The van der Waals surface area contributed by atoms with E-state index in [1.54, 1.807) is 6.20 Å². The summed E-state index contributed by atoms with van der Waals surface area (Å²) in [7, 11) is 0. The van der Waals surface area contributed by atoms with Crippen molar-refractivity contribution in [2.45, 2.75) is 18.9 Å². The Kier molecular flexibility index (Phi) is 3.17. The number of nitrogens with zero attached hydrogens (tertiary/aromatic N) is 2. The summed E-state index contributed by atoms with van der Waals surface area (Å²) in [6.45, 7) is 1.44. The maximum Gasteiger partial charge on any atom is 0.224 e. The molecule has 19 heavy (non-hydrogen) atoms. The summed E-state index contributed by atoms with van der Waals surface area (Å²) >= 11 is 0. The third kappa shape index (κ3) is 2.58. The zero-order chi connectivity index (χ0) is 13.2. The molecule has 1 aromatic heterocycles. The number of hydrogen-bond donors (Lipinski definition) is 1. The number of carbonyl (C=O) groups excluding carboxylic acids is 1. The van der Waals surface area contributed by atoms with E-state index in [0.29, 0.717) is 13.0 Å². The van der Waals surface area contributed by atoms with Gasteiger partial charge in [-0.2, -0.15) is 0 Å². The standard InChI is InChI=1S/C15H17N3O/c16-13-9-15(19)18(10-13)7-5-11-3-4-14-12(8-11)2-1-6-17-14/h1-4,6,8,13H,5,7,9-10,16H2. The van der Waals surface area contributed by atoms with Crippen molar-refractivity contribution < 1.29 is 4.79 Å². The van der Waals surface area contributed by atoms with Crippen LogP contribution in [0.3, 0.4) is 0 Å². The van der Waals surface area contributed by atoms with Gasteiger partial charge < -0.3 is 10.6 Å². The Bertz CT molecular complexity index is 611. The lowest BCUT2D eigenvalue weighted by atomic mass is 10.1. The Labute approximate surface area is 112 Å². The fraction of sp³-hybridized carbons (Fsp3) is 0.333. The summed E-state index contributed by atoms with van der Waals surface area (Å²) in [4.78, 5) is 17.8. The summed E-state index contributed by atoms with van der Waals surface area (Å²) in [5.41, 5.74) is 8.02. The van der Waals surface area contributed by atoms with Crippen LogP contribution in [0, 0.1) is 0 Å². The van der Waals surface area contributed by atoms with Crippen LogP contribution in [0.1, 0.15) is 12.0 Å². The maximum absolute atomic E-state index is 11.7. The van der Waals surface area contributed by atoms with Gasteiger partial charge in [0.25, 0.3) is 0 Å².